The molecular weight excluding hydrogens is 1590 g/mol. The first-order chi connectivity index (χ1) is 56.1. The fourth-order valence-corrected chi connectivity index (χ4v) is 16.2. The fourth-order valence-electron chi connectivity index (χ4n) is 16.0. The van der Waals surface area contributed by atoms with Crippen molar-refractivity contribution >= 4 is 119 Å². The highest BCUT2D eigenvalue weighted by Gasteiger charge is 2.36. The predicted octanol–water partition coefficient (Wildman–Crippen LogP) is 9.27. The van der Waals surface area contributed by atoms with E-state index >= 15 is 0 Å². The molecule has 0 aromatic heterocycles. The third-order valence-electron chi connectivity index (χ3n) is 22.9. The molecule has 0 saturated heterocycles. The van der Waals surface area contributed by atoms with Gasteiger partial charge in [0.05, 0.1) is 59.8 Å². The van der Waals surface area contributed by atoms with Crippen LogP contribution in [0.25, 0.3) is 0 Å². The normalized spacial score (nSPS) is 13.8. The molecule has 117 heavy (non-hydrogen) atoms. The largest absolute Gasteiger partial charge is 1.00 e. The van der Waals surface area contributed by atoms with Crippen LogP contribution in [0.5, 0.6) is 0 Å². The maximum Gasteiger partial charge on any atom is 0.362 e. The van der Waals surface area contributed by atoms with Crippen molar-refractivity contribution in [3.63, 3.8) is 0 Å². The van der Waals surface area contributed by atoms with Gasteiger partial charge in [0.15, 0.2) is 0 Å². The van der Waals surface area contributed by atoms with Gasteiger partial charge in [-0.05, 0) is 251 Å². The Kier molecular flexibility index (Phi) is 30.7. The highest BCUT2D eigenvalue weighted by molar-refractivity contribution is 6.83. The summed E-state index contributed by atoms with van der Waals surface area (Å²) in [7, 11) is 6.39. The van der Waals surface area contributed by atoms with Gasteiger partial charge in [0.25, 0.3) is 0 Å². The first-order valence-corrected chi connectivity index (χ1v) is 40.9. The van der Waals surface area contributed by atoms with E-state index < -0.39 is 0 Å². The minimum Gasteiger partial charge on any atom is -1.00 e. The van der Waals surface area contributed by atoms with Crippen molar-refractivity contribution in [2.45, 2.75) is 115 Å². The molecule has 12 aromatic rings. The number of rotatable bonds is 16. The molecule has 0 aliphatic carbocycles. The van der Waals surface area contributed by atoms with Crippen molar-refractivity contribution in [3.8, 4) is 0 Å². The molecule has 6 aliphatic heterocycles. The number of benzene rings is 12. The van der Waals surface area contributed by atoms with Crippen LogP contribution in [0, 0.1) is 51.0 Å². The van der Waals surface area contributed by atoms with Crippen molar-refractivity contribution < 1.29 is 73.9 Å². The molecule has 12 aromatic carbocycles. The lowest BCUT2D eigenvalue weighted by atomic mass is 9.55. The van der Waals surface area contributed by atoms with Crippen molar-refractivity contribution in [2.24, 2.45) is 0 Å². The lowest BCUT2D eigenvalue weighted by molar-refractivity contribution is -0.919. The third-order valence-corrected chi connectivity index (χ3v) is 23.1. The first-order valence-electron chi connectivity index (χ1n) is 40.5. The van der Waals surface area contributed by atoms with Crippen LogP contribution < -0.4 is 89.5 Å². The van der Waals surface area contributed by atoms with Crippen molar-refractivity contribution in [3.05, 3.63) is 355 Å². The molecule has 596 valence electrons. The van der Waals surface area contributed by atoms with Gasteiger partial charge in [-0.2, -0.15) is 0 Å². The Morgan fingerprint density at radius 3 is 1.05 bits per heavy atom. The zero-order valence-corrected chi connectivity index (χ0v) is 71.9. The average molecular weight is 1700 g/mol. The number of halogens is 6. The molecule has 0 N–H and O–H groups in total. The minimum atomic E-state index is -0.200. The van der Waals surface area contributed by atoms with Crippen LogP contribution >= 0.6 is 11.6 Å². The lowest BCUT2D eigenvalue weighted by Gasteiger charge is -2.32. The lowest BCUT2D eigenvalue weighted by Crippen LogP contribution is -3.00. The summed E-state index contributed by atoms with van der Waals surface area (Å²) in [6, 6.07) is 83.1. The van der Waals surface area contributed by atoms with Crippen LogP contribution in [0.4, 0.5) is 17.6 Å². The summed E-state index contributed by atoms with van der Waals surface area (Å²) in [6.45, 7) is 27.6. The summed E-state index contributed by atoms with van der Waals surface area (Å²) in [5, 5.41) is 0.775. The fraction of sp³-hybridized carbons (Fsp3) is 0.250. The molecule has 0 saturated carbocycles. The Hall–Kier alpha value is -8.59. The van der Waals surface area contributed by atoms with E-state index in [-0.39, 0.29) is 88.7 Å². The van der Waals surface area contributed by atoms with E-state index in [9.17, 15) is 17.6 Å². The molecule has 21 heteroatoms. The Balaban J connectivity index is 0.000000130. The van der Waals surface area contributed by atoms with Crippen molar-refractivity contribution in [1.29, 1.82) is 0 Å². The van der Waals surface area contributed by atoms with Gasteiger partial charge in [-0.25, -0.2) is 17.6 Å². The topological polar surface area (TPSA) is 61.9 Å². The molecule has 0 amide bonds. The van der Waals surface area contributed by atoms with Gasteiger partial charge >= 0.3 is 41.5 Å². The molecule has 0 atom stereocenters. The summed E-state index contributed by atoms with van der Waals surface area (Å²) < 4.78 is 89.3. The second-order valence-electron chi connectivity index (χ2n) is 31.6. The van der Waals surface area contributed by atoms with E-state index in [1.165, 1.54) is 96.2 Å². The van der Waals surface area contributed by atoms with Gasteiger partial charge in [0.2, 0.25) is 0 Å². The van der Waals surface area contributed by atoms with Gasteiger partial charge in [-0.3, -0.25) is 4.90 Å². The van der Waals surface area contributed by atoms with Crippen LogP contribution in [-0.2, 0) is 87.2 Å². The number of nitrogens with zero attached hydrogens (tertiary/aromatic N) is 3. The van der Waals surface area contributed by atoms with Gasteiger partial charge in [-0.1, -0.05) is 231 Å². The van der Waals surface area contributed by atoms with E-state index in [0.29, 0.717) is 33.0 Å². The van der Waals surface area contributed by atoms with Crippen LogP contribution in [0.2, 0.25) is 5.02 Å². The summed E-state index contributed by atoms with van der Waals surface area (Å²) in [5.41, 5.74) is 29.2. The standard InChI is InChI=1S/C19H24BFNO.C18H21BFNO.C16H17BFNO.C15H14BFO.C14H12BClO.C14H13BO.HI/c1-4-22(3,5-2)13-15-7-6-8-17(11-15)20-19-10-9-18(21)12-16(19)14-23-20;1-3-21(4-2)12-14-6-5-7-16(10-14)19-18-9-8-17(20)11-15(18)13-22-19;1-19(2)10-12-4-3-5-14(8-12)17-16-7-6-15(18)9-13(16)11-20-17;1-10-3-4-13(7-11(10)2)16-15-6-5-14(17)8-12(15)9-18-16;1-10-3-2-4-12(7-10)15-14-6-5-13(16)8-11(14)9-17-15;1-11-5-4-7-13(9-11)15-14-8-3-2-6-12(14)10-16-15;/h6-12H,4-5,13-14H2,1-3H3;5-11H,3-4,12-13H2,1-2H3;3-9H,10-11H2,1-2H3;3-8H,9H2,1-2H3;2-8H,9H2,1H3;2-9H,10H2,1H3;1H/q+1;;;;;;/p-1. The molecule has 6 aliphatic rings. The predicted molar refractivity (Wildman–Crippen MR) is 475 cm³/mol. The SMILES string of the molecule is CCN(CC)Cc1cccc(B2OCc3cc(F)ccc32)c1.CC[N+](C)(CC)Cc1cccc(B2OCc3cc(F)ccc32)c1.CN(C)Cc1cccc(B2OCc3cc(F)ccc32)c1.Cc1ccc(B2OCc3cc(F)ccc32)cc1C.Cc1cccc(B2OCc3cc(Cl)ccc32)c1.Cc1cccc(B2OCc3ccccc32)c1.[I-]. The Bertz CT molecular complexity index is 5390. The van der Waals surface area contributed by atoms with E-state index in [0.717, 1.165) is 128 Å². The van der Waals surface area contributed by atoms with Crippen LogP contribution in [0.15, 0.2) is 255 Å². The zero-order chi connectivity index (χ0) is 81.6. The highest BCUT2D eigenvalue weighted by atomic mass is 127. The van der Waals surface area contributed by atoms with Crippen LogP contribution in [-0.4, -0.2) is 103 Å². The molecule has 0 unspecified atom stereocenters. The second-order valence-corrected chi connectivity index (χ2v) is 32.0. The first kappa shape index (κ1) is 87.7. The van der Waals surface area contributed by atoms with Gasteiger partial charge in [-0.15, -0.1) is 0 Å². The summed E-state index contributed by atoms with van der Waals surface area (Å²) in [6.07, 6.45) is 0. The van der Waals surface area contributed by atoms with Gasteiger partial charge in [0.1, 0.15) is 29.8 Å². The Morgan fingerprint density at radius 1 is 0.333 bits per heavy atom. The maximum atomic E-state index is 13.4. The maximum absolute atomic E-state index is 13.4. The molecule has 9 nitrogen and oxygen atoms in total. The molecule has 0 spiro atoms. The Labute approximate surface area is 714 Å². The average Bonchev–Trinajstić information content (AvgIpc) is 1.71. The molecule has 0 bridgehead atoms. The number of hydrogen-bond donors (Lipinski definition) is 0. The van der Waals surface area contributed by atoms with Crippen molar-refractivity contribution in [2.75, 3.05) is 47.3 Å². The van der Waals surface area contributed by atoms with Crippen molar-refractivity contribution in [1.82, 2.24) is 9.80 Å². The molecular formula is C96H101B6ClF4IN3O6. The van der Waals surface area contributed by atoms with Crippen LogP contribution in [0.1, 0.15) is 100 Å². The smallest absolute Gasteiger partial charge is 0.362 e. The molecule has 18 rings (SSSR count). The third kappa shape index (κ3) is 22.3. The van der Waals surface area contributed by atoms with E-state index in [1.807, 2.05) is 36.4 Å². The minimum absolute atomic E-state index is 0. The summed E-state index contributed by atoms with van der Waals surface area (Å²) in [4.78, 5) is 4.52. The summed E-state index contributed by atoms with van der Waals surface area (Å²) >= 11 is 5.99. The Morgan fingerprint density at radius 2 is 0.667 bits per heavy atom. The quantitative estimate of drug-likeness (QED) is 0.0411. The number of quaternary nitrogens is 1. The molecule has 0 fully saturated rings. The number of hydrogen-bond acceptors (Lipinski definition) is 8. The van der Waals surface area contributed by atoms with E-state index in [1.54, 1.807) is 24.3 Å². The molecule has 0 radical (unpaired) electrons. The summed E-state index contributed by atoms with van der Waals surface area (Å²) in [5.74, 6) is -0.786. The monoisotopic (exact) mass is 1700 g/mol. The highest BCUT2D eigenvalue weighted by Crippen LogP contribution is 2.22. The van der Waals surface area contributed by atoms with Crippen LogP contribution in [0.3, 0.4) is 0 Å². The zero-order valence-electron chi connectivity index (χ0n) is 69.0. The van der Waals surface area contributed by atoms with E-state index in [4.69, 9.17) is 39.5 Å². The van der Waals surface area contributed by atoms with E-state index in [2.05, 4.69) is 256 Å². The number of aryl methyl sites for hydroxylation is 4. The second kappa shape index (κ2) is 40.9. The number of fused-ring (bicyclic) bond motifs is 6. The molecule has 6 heterocycles. The van der Waals surface area contributed by atoms with Gasteiger partial charge in [0, 0.05) is 23.7 Å². The van der Waals surface area contributed by atoms with Gasteiger partial charge < -0.3 is 61.3 Å².